The lowest BCUT2D eigenvalue weighted by Crippen LogP contribution is -2.17. The smallest absolute Gasteiger partial charge is 0.336 e. The van der Waals surface area contributed by atoms with Gasteiger partial charge in [-0.2, -0.15) is 0 Å². The zero-order chi connectivity index (χ0) is 25.7. The van der Waals surface area contributed by atoms with E-state index in [1.165, 1.54) is 23.9 Å². The molecule has 4 rings (SSSR count). The predicted octanol–water partition coefficient (Wildman–Crippen LogP) is 5.22. The topological polar surface area (TPSA) is 133 Å². The Balaban J connectivity index is 1.42. The number of carbonyl (C=O) groups is 4. The SMILES string of the molecule is O=C(CSc1cccc(NC(=O)c2ccc(C(=O)O)cc2C(=O)O)c1)Nc1cccc2ccccc12. The summed E-state index contributed by atoms with van der Waals surface area (Å²) in [6.45, 7) is 0. The van der Waals surface area contributed by atoms with Crippen molar-refractivity contribution in [2.75, 3.05) is 16.4 Å². The summed E-state index contributed by atoms with van der Waals surface area (Å²) in [5.74, 6) is -3.44. The van der Waals surface area contributed by atoms with Crippen LogP contribution in [0, 0.1) is 0 Å². The lowest BCUT2D eigenvalue weighted by Gasteiger charge is -2.11. The maximum Gasteiger partial charge on any atom is 0.336 e. The molecule has 0 spiro atoms. The van der Waals surface area contributed by atoms with Crippen LogP contribution in [0.15, 0.2) is 89.8 Å². The maximum absolute atomic E-state index is 12.7. The first-order valence-corrected chi connectivity index (χ1v) is 11.7. The number of fused-ring (bicyclic) bond motifs is 1. The Labute approximate surface area is 210 Å². The van der Waals surface area contributed by atoms with Gasteiger partial charge in [-0.25, -0.2) is 9.59 Å². The number of hydrogen-bond acceptors (Lipinski definition) is 5. The van der Waals surface area contributed by atoms with Crippen LogP contribution in [-0.2, 0) is 4.79 Å². The van der Waals surface area contributed by atoms with Crippen molar-refractivity contribution >= 4 is 57.7 Å². The molecule has 0 aliphatic heterocycles. The van der Waals surface area contributed by atoms with Crippen molar-refractivity contribution < 1.29 is 29.4 Å². The molecule has 36 heavy (non-hydrogen) atoms. The van der Waals surface area contributed by atoms with Gasteiger partial charge in [0.2, 0.25) is 5.91 Å². The molecule has 0 aromatic heterocycles. The van der Waals surface area contributed by atoms with Crippen molar-refractivity contribution in [1.82, 2.24) is 0 Å². The first kappa shape index (κ1) is 24.5. The number of carboxylic acid groups (broad SMARTS) is 2. The van der Waals surface area contributed by atoms with E-state index in [2.05, 4.69) is 10.6 Å². The molecule has 4 aromatic rings. The molecule has 0 saturated carbocycles. The Morgan fingerprint density at radius 2 is 1.47 bits per heavy atom. The molecule has 0 aliphatic carbocycles. The van der Waals surface area contributed by atoms with Gasteiger partial charge in [-0.15, -0.1) is 11.8 Å². The Hall–Kier alpha value is -4.63. The summed E-state index contributed by atoms with van der Waals surface area (Å²) in [6.07, 6.45) is 0. The Kier molecular flexibility index (Phi) is 7.31. The van der Waals surface area contributed by atoms with E-state index in [1.807, 2.05) is 42.5 Å². The molecule has 0 unspecified atom stereocenters. The van der Waals surface area contributed by atoms with Crippen LogP contribution in [0.1, 0.15) is 31.1 Å². The number of nitrogens with one attached hydrogen (secondary N) is 2. The summed E-state index contributed by atoms with van der Waals surface area (Å²) in [4.78, 5) is 48.7. The average Bonchev–Trinajstić information content (AvgIpc) is 2.87. The molecule has 0 atom stereocenters. The number of aromatic carboxylic acids is 2. The zero-order valence-corrected chi connectivity index (χ0v) is 19.5. The summed E-state index contributed by atoms with van der Waals surface area (Å²) in [7, 11) is 0. The minimum absolute atomic E-state index is 0.139. The van der Waals surface area contributed by atoms with Gasteiger partial charge in [0.25, 0.3) is 5.91 Å². The molecule has 9 heteroatoms. The molecular formula is C27H20N2O6S. The maximum atomic E-state index is 12.7. The highest BCUT2D eigenvalue weighted by molar-refractivity contribution is 8.00. The van der Waals surface area contributed by atoms with Gasteiger partial charge < -0.3 is 20.8 Å². The van der Waals surface area contributed by atoms with Crippen molar-refractivity contribution in [2.24, 2.45) is 0 Å². The van der Waals surface area contributed by atoms with E-state index in [1.54, 1.807) is 24.3 Å². The monoisotopic (exact) mass is 500 g/mol. The average molecular weight is 501 g/mol. The van der Waals surface area contributed by atoms with Crippen LogP contribution in [0.5, 0.6) is 0 Å². The quantitative estimate of drug-likeness (QED) is 0.244. The Bertz CT molecular complexity index is 1500. The molecule has 0 radical (unpaired) electrons. The second-order valence-electron chi connectivity index (χ2n) is 7.72. The second kappa shape index (κ2) is 10.7. The number of thioether (sulfide) groups is 1. The highest BCUT2D eigenvalue weighted by atomic mass is 32.2. The highest BCUT2D eigenvalue weighted by Gasteiger charge is 2.19. The van der Waals surface area contributed by atoms with E-state index in [0.29, 0.717) is 5.69 Å². The van der Waals surface area contributed by atoms with Crippen LogP contribution < -0.4 is 10.6 Å². The van der Waals surface area contributed by atoms with Crippen LogP contribution in [-0.4, -0.2) is 39.7 Å². The van der Waals surface area contributed by atoms with Crippen molar-refractivity contribution in [3.8, 4) is 0 Å². The first-order valence-electron chi connectivity index (χ1n) is 10.7. The molecule has 8 nitrogen and oxygen atoms in total. The summed E-state index contributed by atoms with van der Waals surface area (Å²) >= 11 is 1.28. The van der Waals surface area contributed by atoms with Crippen LogP contribution in [0.4, 0.5) is 11.4 Å². The number of benzene rings is 4. The third kappa shape index (κ3) is 5.70. The van der Waals surface area contributed by atoms with Gasteiger partial charge in [0.1, 0.15) is 0 Å². The fourth-order valence-electron chi connectivity index (χ4n) is 3.58. The van der Waals surface area contributed by atoms with Gasteiger partial charge in [0, 0.05) is 21.7 Å². The molecule has 180 valence electrons. The molecule has 0 fully saturated rings. The van der Waals surface area contributed by atoms with Crippen LogP contribution in [0.25, 0.3) is 10.8 Å². The summed E-state index contributed by atoms with van der Waals surface area (Å²) in [5.41, 5.74) is 0.313. The van der Waals surface area contributed by atoms with Gasteiger partial charge in [-0.1, -0.05) is 42.5 Å². The van der Waals surface area contributed by atoms with Gasteiger partial charge in [-0.3, -0.25) is 9.59 Å². The van der Waals surface area contributed by atoms with E-state index in [9.17, 15) is 24.3 Å². The number of carboxylic acids is 2. The molecule has 0 bridgehead atoms. The highest BCUT2D eigenvalue weighted by Crippen LogP contribution is 2.25. The van der Waals surface area contributed by atoms with Crippen molar-refractivity contribution in [1.29, 1.82) is 0 Å². The number of carbonyl (C=O) groups excluding carboxylic acids is 2. The van der Waals surface area contributed by atoms with Gasteiger partial charge >= 0.3 is 11.9 Å². The normalized spacial score (nSPS) is 10.6. The summed E-state index contributed by atoms with van der Waals surface area (Å²) in [5, 5.41) is 26.0. The molecule has 4 N–H and O–H groups in total. The molecule has 0 heterocycles. The van der Waals surface area contributed by atoms with Crippen molar-refractivity contribution in [3.05, 3.63) is 102 Å². The minimum Gasteiger partial charge on any atom is -0.478 e. The number of amides is 2. The number of anilines is 2. The molecule has 0 saturated heterocycles. The third-order valence-corrected chi connectivity index (χ3v) is 6.26. The van der Waals surface area contributed by atoms with Gasteiger partial charge in [0.05, 0.1) is 22.4 Å². The van der Waals surface area contributed by atoms with Gasteiger partial charge in [-0.05, 0) is 47.9 Å². The lowest BCUT2D eigenvalue weighted by molar-refractivity contribution is -0.113. The van der Waals surface area contributed by atoms with E-state index in [-0.39, 0.29) is 22.8 Å². The summed E-state index contributed by atoms with van der Waals surface area (Å²) < 4.78 is 0. The number of rotatable bonds is 8. The van der Waals surface area contributed by atoms with E-state index >= 15 is 0 Å². The van der Waals surface area contributed by atoms with E-state index in [0.717, 1.165) is 27.4 Å². The third-order valence-electron chi connectivity index (χ3n) is 5.27. The van der Waals surface area contributed by atoms with E-state index in [4.69, 9.17) is 5.11 Å². The lowest BCUT2D eigenvalue weighted by atomic mass is 10.0. The molecule has 0 aliphatic rings. The molecule has 4 aromatic carbocycles. The molecule has 2 amide bonds. The first-order chi connectivity index (χ1) is 17.3. The zero-order valence-electron chi connectivity index (χ0n) is 18.7. The Morgan fingerprint density at radius 1 is 0.722 bits per heavy atom. The fraction of sp³-hybridized carbons (Fsp3) is 0.0370. The van der Waals surface area contributed by atoms with Crippen LogP contribution in [0.2, 0.25) is 0 Å². The summed E-state index contributed by atoms with van der Waals surface area (Å²) in [6, 6.07) is 23.5. The predicted molar refractivity (Wildman–Crippen MR) is 138 cm³/mol. The molecular weight excluding hydrogens is 480 g/mol. The van der Waals surface area contributed by atoms with Crippen LogP contribution >= 0.6 is 11.8 Å². The van der Waals surface area contributed by atoms with Crippen LogP contribution in [0.3, 0.4) is 0 Å². The van der Waals surface area contributed by atoms with Crippen molar-refractivity contribution in [2.45, 2.75) is 4.90 Å². The largest absolute Gasteiger partial charge is 0.478 e. The van der Waals surface area contributed by atoms with Crippen molar-refractivity contribution in [3.63, 3.8) is 0 Å². The minimum atomic E-state index is -1.41. The standard InChI is InChI=1S/C27H20N2O6S/c30-24(29-23-10-3-6-16-5-1-2-9-20(16)23)15-36-19-8-4-7-18(14-19)28-25(31)21-12-11-17(26(32)33)13-22(21)27(34)35/h1-14H,15H2,(H,28,31)(H,29,30)(H,32,33)(H,34,35). The fourth-order valence-corrected chi connectivity index (χ4v) is 4.34. The Morgan fingerprint density at radius 3 is 2.25 bits per heavy atom. The van der Waals surface area contributed by atoms with E-state index < -0.39 is 23.4 Å². The van der Waals surface area contributed by atoms with Gasteiger partial charge in [0.15, 0.2) is 0 Å². The number of hydrogen-bond donors (Lipinski definition) is 4. The second-order valence-corrected chi connectivity index (χ2v) is 8.76.